The third-order valence-electron chi connectivity index (χ3n) is 3.87. The van der Waals surface area contributed by atoms with Gasteiger partial charge >= 0.3 is 0 Å². The average Bonchev–Trinajstić information content (AvgIpc) is 2.84. The Morgan fingerprint density at radius 2 is 1.61 bits per heavy atom. The van der Waals surface area contributed by atoms with Crippen LogP contribution in [-0.2, 0) is 9.59 Å². The second kappa shape index (κ2) is 7.71. The Bertz CT molecular complexity index is 925. The number of carbonyl (C=O) groups excluding carboxylic acids is 2. The van der Waals surface area contributed by atoms with E-state index in [1.165, 1.54) is 6.07 Å². The van der Waals surface area contributed by atoms with Crippen LogP contribution < -0.4 is 20.5 Å². The number of carbonyl (C=O) groups is 2. The fourth-order valence-corrected chi connectivity index (χ4v) is 2.52. The van der Waals surface area contributed by atoms with Gasteiger partial charge in [-0.2, -0.15) is 0 Å². The number of hydrazine groups is 1. The number of anilines is 2. The number of nitrogens with zero attached hydrogens (tertiary/aromatic N) is 1. The molecule has 28 heavy (non-hydrogen) atoms. The molecule has 11 heteroatoms. The quantitative estimate of drug-likeness (QED) is 0.358. The standard InChI is InChI=1S/C17H12F5N3O3/c18-12-13(19)15(21)17(16(22)14(12)20)24-23-10(26)7-25-8-3-1-2-4-9(8)28-6-5-11(25)27/h1-4,24H,5-7H2,(H,23,26). The molecule has 0 saturated carbocycles. The van der Waals surface area contributed by atoms with Crippen LogP contribution in [0.5, 0.6) is 5.75 Å². The molecule has 2 aromatic carbocycles. The SMILES string of the molecule is O=C(CN1C(=O)CCOc2ccccc21)NNc1c(F)c(F)c(F)c(F)c1F. The highest BCUT2D eigenvalue weighted by Gasteiger charge is 2.27. The van der Waals surface area contributed by atoms with Crippen molar-refractivity contribution in [2.75, 3.05) is 23.5 Å². The van der Waals surface area contributed by atoms with Crippen molar-refractivity contribution in [2.24, 2.45) is 0 Å². The highest BCUT2D eigenvalue weighted by molar-refractivity contribution is 6.00. The van der Waals surface area contributed by atoms with Gasteiger partial charge in [0.25, 0.3) is 5.91 Å². The van der Waals surface area contributed by atoms with Crippen molar-refractivity contribution in [2.45, 2.75) is 6.42 Å². The van der Waals surface area contributed by atoms with Gasteiger partial charge in [-0.25, -0.2) is 22.0 Å². The molecule has 2 aromatic rings. The predicted octanol–water partition coefficient (Wildman–Crippen LogP) is 2.64. The zero-order valence-corrected chi connectivity index (χ0v) is 14.0. The molecule has 148 valence electrons. The molecule has 2 N–H and O–H groups in total. The highest BCUT2D eigenvalue weighted by Crippen LogP contribution is 2.31. The van der Waals surface area contributed by atoms with Gasteiger partial charge in [0.05, 0.1) is 18.7 Å². The summed E-state index contributed by atoms with van der Waals surface area (Å²) in [5, 5.41) is 0. The molecule has 1 heterocycles. The van der Waals surface area contributed by atoms with Crippen LogP contribution in [0, 0.1) is 29.1 Å². The van der Waals surface area contributed by atoms with Crippen molar-refractivity contribution in [3.63, 3.8) is 0 Å². The maximum atomic E-state index is 13.6. The number of fused-ring (bicyclic) bond motifs is 1. The number of rotatable bonds is 4. The number of amides is 2. The van der Waals surface area contributed by atoms with E-state index < -0.39 is 53.1 Å². The Labute approximate surface area is 154 Å². The summed E-state index contributed by atoms with van der Waals surface area (Å²) >= 11 is 0. The Morgan fingerprint density at radius 3 is 2.29 bits per heavy atom. The fraction of sp³-hybridized carbons (Fsp3) is 0.176. The minimum atomic E-state index is -2.32. The molecule has 0 saturated heterocycles. The molecule has 0 fully saturated rings. The molecule has 2 amide bonds. The van der Waals surface area contributed by atoms with Gasteiger partial charge in [-0.15, -0.1) is 0 Å². The van der Waals surface area contributed by atoms with Crippen LogP contribution in [0.2, 0.25) is 0 Å². The van der Waals surface area contributed by atoms with Crippen LogP contribution in [0.25, 0.3) is 0 Å². The molecule has 0 spiro atoms. The van der Waals surface area contributed by atoms with Crippen molar-refractivity contribution in [1.82, 2.24) is 5.43 Å². The number of benzene rings is 2. The van der Waals surface area contributed by atoms with Crippen LogP contribution in [0.15, 0.2) is 24.3 Å². The van der Waals surface area contributed by atoms with Crippen LogP contribution >= 0.6 is 0 Å². The first kappa shape index (κ1) is 19.4. The minimum Gasteiger partial charge on any atom is -0.491 e. The summed E-state index contributed by atoms with van der Waals surface area (Å²) in [6.07, 6.45) is -0.0208. The van der Waals surface area contributed by atoms with Crippen molar-refractivity contribution >= 4 is 23.2 Å². The first-order chi connectivity index (χ1) is 13.3. The summed E-state index contributed by atoms with van der Waals surface area (Å²) < 4.78 is 72.0. The van der Waals surface area contributed by atoms with Crippen molar-refractivity contribution in [3.8, 4) is 5.75 Å². The summed E-state index contributed by atoms with van der Waals surface area (Å²) in [5.74, 6) is -12.0. The smallest absolute Gasteiger partial charge is 0.258 e. The number of hydrogen-bond donors (Lipinski definition) is 2. The van der Waals surface area contributed by atoms with E-state index in [-0.39, 0.29) is 13.0 Å². The lowest BCUT2D eigenvalue weighted by Crippen LogP contribution is -2.42. The first-order valence-corrected chi connectivity index (χ1v) is 7.89. The lowest BCUT2D eigenvalue weighted by molar-refractivity contribution is -0.123. The van der Waals surface area contributed by atoms with Gasteiger partial charge in [-0.1, -0.05) is 12.1 Å². The van der Waals surface area contributed by atoms with Gasteiger partial charge in [-0.3, -0.25) is 25.3 Å². The normalized spacial score (nSPS) is 13.5. The van der Waals surface area contributed by atoms with E-state index in [1.54, 1.807) is 23.6 Å². The van der Waals surface area contributed by atoms with Gasteiger partial charge < -0.3 is 4.74 Å². The molecular weight excluding hydrogens is 389 g/mol. The Balaban J connectivity index is 1.76. The zero-order chi connectivity index (χ0) is 20.4. The van der Waals surface area contributed by atoms with Crippen molar-refractivity contribution in [1.29, 1.82) is 0 Å². The molecule has 0 bridgehead atoms. The number of para-hydroxylation sites is 2. The summed E-state index contributed by atoms with van der Waals surface area (Å²) in [5.41, 5.74) is 2.36. The summed E-state index contributed by atoms with van der Waals surface area (Å²) in [4.78, 5) is 25.4. The van der Waals surface area contributed by atoms with Crippen LogP contribution in [-0.4, -0.2) is 25.0 Å². The largest absolute Gasteiger partial charge is 0.491 e. The molecule has 0 aromatic heterocycles. The van der Waals surface area contributed by atoms with E-state index in [1.807, 2.05) is 5.43 Å². The molecule has 0 unspecified atom stereocenters. The Hall–Kier alpha value is -3.37. The van der Waals surface area contributed by atoms with E-state index in [4.69, 9.17) is 4.74 Å². The third-order valence-corrected chi connectivity index (χ3v) is 3.87. The molecule has 0 aliphatic carbocycles. The fourth-order valence-electron chi connectivity index (χ4n) is 2.52. The monoisotopic (exact) mass is 401 g/mol. The highest BCUT2D eigenvalue weighted by atomic mass is 19.2. The van der Waals surface area contributed by atoms with E-state index in [0.29, 0.717) is 11.4 Å². The Morgan fingerprint density at radius 1 is 1.00 bits per heavy atom. The molecular formula is C17H12F5N3O3. The number of halogens is 5. The molecule has 0 radical (unpaired) electrons. The van der Waals surface area contributed by atoms with Gasteiger partial charge in [0.15, 0.2) is 23.3 Å². The summed E-state index contributed by atoms with van der Waals surface area (Å²) in [7, 11) is 0. The molecule has 1 aliphatic heterocycles. The third kappa shape index (κ3) is 3.55. The number of hydrogen-bond acceptors (Lipinski definition) is 4. The van der Waals surface area contributed by atoms with E-state index in [0.717, 1.165) is 4.90 Å². The summed E-state index contributed by atoms with van der Waals surface area (Å²) in [6.45, 7) is -0.488. The van der Waals surface area contributed by atoms with Gasteiger partial charge in [0.2, 0.25) is 11.7 Å². The first-order valence-electron chi connectivity index (χ1n) is 7.89. The van der Waals surface area contributed by atoms with E-state index in [2.05, 4.69) is 0 Å². The summed E-state index contributed by atoms with van der Waals surface area (Å²) in [6, 6.07) is 6.39. The zero-order valence-electron chi connectivity index (χ0n) is 14.0. The van der Waals surface area contributed by atoms with Gasteiger partial charge in [0.1, 0.15) is 18.0 Å². The second-order valence-corrected chi connectivity index (χ2v) is 5.66. The predicted molar refractivity (Wildman–Crippen MR) is 86.9 cm³/mol. The Kier molecular flexibility index (Phi) is 5.34. The van der Waals surface area contributed by atoms with E-state index in [9.17, 15) is 31.5 Å². The average molecular weight is 401 g/mol. The van der Waals surface area contributed by atoms with Gasteiger partial charge in [-0.05, 0) is 12.1 Å². The topological polar surface area (TPSA) is 70.7 Å². The molecule has 6 nitrogen and oxygen atoms in total. The van der Waals surface area contributed by atoms with E-state index >= 15 is 0 Å². The maximum absolute atomic E-state index is 13.6. The van der Waals surface area contributed by atoms with Crippen molar-refractivity contribution in [3.05, 3.63) is 53.4 Å². The van der Waals surface area contributed by atoms with Crippen LogP contribution in [0.3, 0.4) is 0 Å². The molecule has 3 rings (SSSR count). The molecule has 0 atom stereocenters. The van der Waals surface area contributed by atoms with Crippen LogP contribution in [0.1, 0.15) is 6.42 Å². The number of ether oxygens (including phenoxy) is 1. The lowest BCUT2D eigenvalue weighted by atomic mass is 10.2. The van der Waals surface area contributed by atoms with Gasteiger partial charge in [0, 0.05) is 0 Å². The molecule has 1 aliphatic rings. The second-order valence-electron chi connectivity index (χ2n) is 5.66. The lowest BCUT2D eigenvalue weighted by Gasteiger charge is -2.21. The van der Waals surface area contributed by atoms with Crippen LogP contribution in [0.4, 0.5) is 33.3 Å². The minimum absolute atomic E-state index is 0.0208. The van der Waals surface area contributed by atoms with Crippen molar-refractivity contribution < 1.29 is 36.3 Å². The number of nitrogens with one attached hydrogen (secondary N) is 2. The maximum Gasteiger partial charge on any atom is 0.258 e.